The molecule has 0 fully saturated rings. The Labute approximate surface area is 142 Å². The highest BCUT2D eigenvalue weighted by atomic mass is 16.3. The van der Waals surface area contributed by atoms with Gasteiger partial charge in [-0.05, 0) is 45.4 Å². The summed E-state index contributed by atoms with van der Waals surface area (Å²) in [5.74, 6) is 0.181. The van der Waals surface area contributed by atoms with Gasteiger partial charge in [0.05, 0.1) is 6.10 Å². The molecule has 0 aliphatic rings. The van der Waals surface area contributed by atoms with Crippen LogP contribution in [0.15, 0.2) is 60.8 Å². The third kappa shape index (κ3) is 18.3. The average Bonchev–Trinajstić information content (AvgIpc) is 2.51. The number of ketones is 1. The topological polar surface area (TPSA) is 37.3 Å². The minimum atomic E-state index is -0.457. The van der Waals surface area contributed by atoms with Crippen LogP contribution in [-0.2, 0) is 4.79 Å². The quantitative estimate of drug-likeness (QED) is 0.361. The number of allylic oxidation sites excluding steroid dienone is 9. The van der Waals surface area contributed by atoms with Crippen molar-refractivity contribution in [2.45, 2.75) is 64.9 Å². The minimum absolute atomic E-state index is 0.181. The highest BCUT2D eigenvalue weighted by Crippen LogP contribution is 2.03. The summed E-state index contributed by atoms with van der Waals surface area (Å²) in [7, 11) is 0. The van der Waals surface area contributed by atoms with Gasteiger partial charge in [0, 0.05) is 6.42 Å². The van der Waals surface area contributed by atoms with Crippen LogP contribution in [0.4, 0.5) is 0 Å². The average molecular weight is 316 g/mol. The zero-order valence-electron chi connectivity index (χ0n) is 14.7. The lowest BCUT2D eigenvalue weighted by Crippen LogP contribution is -2.02. The molecule has 1 atom stereocenters. The van der Waals surface area contributed by atoms with Crippen LogP contribution in [0.25, 0.3) is 0 Å². The predicted molar refractivity (Wildman–Crippen MR) is 100 cm³/mol. The van der Waals surface area contributed by atoms with Gasteiger partial charge in [-0.3, -0.25) is 0 Å². The van der Waals surface area contributed by atoms with Crippen LogP contribution in [0, 0.1) is 0 Å². The fraction of sp³-hybridized carbons (Fsp3) is 0.476. The van der Waals surface area contributed by atoms with Crippen LogP contribution < -0.4 is 0 Å². The summed E-state index contributed by atoms with van der Waals surface area (Å²) in [5.41, 5.74) is 0. The summed E-state index contributed by atoms with van der Waals surface area (Å²) in [4.78, 5) is 10.8. The fourth-order valence-electron chi connectivity index (χ4n) is 1.89. The molecule has 128 valence electrons. The molecule has 0 saturated carbocycles. The second kappa shape index (κ2) is 16.7. The Morgan fingerprint density at radius 2 is 1.48 bits per heavy atom. The van der Waals surface area contributed by atoms with Gasteiger partial charge in [0.25, 0.3) is 0 Å². The molecule has 0 amide bonds. The van der Waals surface area contributed by atoms with Crippen molar-refractivity contribution in [1.82, 2.24) is 0 Å². The van der Waals surface area contributed by atoms with Gasteiger partial charge in [0.1, 0.15) is 5.78 Å². The number of Topliss-reactive ketones (excluding diaryl/α,β-unsaturated/α-hetero) is 1. The molecular weight excluding hydrogens is 284 g/mol. The summed E-state index contributed by atoms with van der Waals surface area (Å²) < 4.78 is 0. The van der Waals surface area contributed by atoms with Crippen molar-refractivity contribution in [3.05, 3.63) is 60.8 Å². The van der Waals surface area contributed by atoms with E-state index in [2.05, 4.69) is 49.5 Å². The highest BCUT2D eigenvalue weighted by molar-refractivity contribution is 5.75. The molecule has 0 radical (unpaired) electrons. The Balaban J connectivity index is 3.65. The monoisotopic (exact) mass is 316 g/mol. The largest absolute Gasteiger partial charge is 0.389 e. The second-order valence-electron chi connectivity index (χ2n) is 5.50. The molecule has 2 nitrogen and oxygen atoms in total. The Morgan fingerprint density at radius 1 is 0.913 bits per heavy atom. The normalized spacial score (nSPS) is 14.2. The van der Waals surface area contributed by atoms with Crippen molar-refractivity contribution in [1.29, 1.82) is 0 Å². The van der Waals surface area contributed by atoms with Gasteiger partial charge in [0.15, 0.2) is 0 Å². The van der Waals surface area contributed by atoms with E-state index in [0.29, 0.717) is 12.8 Å². The molecule has 0 heterocycles. The smallest absolute Gasteiger partial charge is 0.129 e. The molecule has 0 spiro atoms. The molecule has 0 aromatic carbocycles. The molecule has 0 unspecified atom stereocenters. The maximum absolute atomic E-state index is 10.8. The molecule has 0 bridgehead atoms. The Bertz CT molecular complexity index is 425. The molecule has 0 saturated heterocycles. The SMILES string of the molecule is CC/C=C\C/C=C\C/C=C\C/C=C\C=C\[C@@H](O)CCCC(C)=O. The first-order chi connectivity index (χ1) is 11.2. The molecule has 0 rings (SSSR count). The Kier molecular flexibility index (Phi) is 15.5. The van der Waals surface area contributed by atoms with Crippen LogP contribution in [-0.4, -0.2) is 17.0 Å². The van der Waals surface area contributed by atoms with Crippen molar-refractivity contribution in [2.24, 2.45) is 0 Å². The number of carbonyl (C=O) groups excluding carboxylic acids is 1. The third-order valence-electron chi connectivity index (χ3n) is 3.16. The van der Waals surface area contributed by atoms with Crippen molar-refractivity contribution in [3.63, 3.8) is 0 Å². The van der Waals surface area contributed by atoms with Crippen LogP contribution in [0.1, 0.15) is 58.8 Å². The molecule has 0 aromatic heterocycles. The number of aliphatic hydroxyl groups excluding tert-OH is 1. The van der Waals surface area contributed by atoms with Gasteiger partial charge < -0.3 is 9.90 Å². The summed E-state index contributed by atoms with van der Waals surface area (Å²) in [6.07, 6.45) is 26.1. The first-order valence-corrected chi connectivity index (χ1v) is 8.62. The van der Waals surface area contributed by atoms with Crippen LogP contribution in [0.5, 0.6) is 0 Å². The van der Waals surface area contributed by atoms with Gasteiger partial charge in [-0.25, -0.2) is 0 Å². The molecule has 23 heavy (non-hydrogen) atoms. The maximum Gasteiger partial charge on any atom is 0.129 e. The van der Waals surface area contributed by atoms with E-state index in [1.54, 1.807) is 13.0 Å². The van der Waals surface area contributed by atoms with E-state index in [-0.39, 0.29) is 5.78 Å². The lowest BCUT2D eigenvalue weighted by molar-refractivity contribution is -0.117. The summed E-state index contributed by atoms with van der Waals surface area (Å²) in [6.45, 7) is 3.72. The number of rotatable bonds is 13. The van der Waals surface area contributed by atoms with E-state index in [0.717, 1.165) is 32.1 Å². The first kappa shape index (κ1) is 21.3. The molecular formula is C21H32O2. The van der Waals surface area contributed by atoms with Crippen molar-refractivity contribution in [2.75, 3.05) is 0 Å². The van der Waals surface area contributed by atoms with E-state index in [9.17, 15) is 9.90 Å². The van der Waals surface area contributed by atoms with Crippen molar-refractivity contribution >= 4 is 5.78 Å². The van der Waals surface area contributed by atoms with Gasteiger partial charge in [0.2, 0.25) is 0 Å². The van der Waals surface area contributed by atoms with Crippen LogP contribution in [0.2, 0.25) is 0 Å². The second-order valence-corrected chi connectivity index (χ2v) is 5.50. The minimum Gasteiger partial charge on any atom is -0.389 e. The Morgan fingerprint density at radius 3 is 2.04 bits per heavy atom. The van der Waals surface area contributed by atoms with E-state index >= 15 is 0 Å². The Hall–Kier alpha value is -1.67. The van der Waals surface area contributed by atoms with Crippen LogP contribution in [0.3, 0.4) is 0 Å². The van der Waals surface area contributed by atoms with Crippen molar-refractivity contribution < 1.29 is 9.90 Å². The van der Waals surface area contributed by atoms with E-state index < -0.39 is 6.10 Å². The van der Waals surface area contributed by atoms with Gasteiger partial charge in [-0.2, -0.15) is 0 Å². The summed E-state index contributed by atoms with van der Waals surface area (Å²) in [6, 6.07) is 0. The predicted octanol–water partition coefficient (Wildman–Crippen LogP) is 5.47. The summed E-state index contributed by atoms with van der Waals surface area (Å²) >= 11 is 0. The van der Waals surface area contributed by atoms with Crippen molar-refractivity contribution in [3.8, 4) is 0 Å². The maximum atomic E-state index is 10.8. The zero-order chi connectivity index (χ0) is 17.2. The third-order valence-corrected chi connectivity index (χ3v) is 3.16. The van der Waals surface area contributed by atoms with Gasteiger partial charge in [-0.1, -0.05) is 67.7 Å². The lowest BCUT2D eigenvalue weighted by Gasteiger charge is -2.02. The van der Waals surface area contributed by atoms with E-state index in [1.165, 1.54) is 0 Å². The molecule has 0 aliphatic heterocycles. The van der Waals surface area contributed by atoms with Crippen LogP contribution >= 0.6 is 0 Å². The first-order valence-electron chi connectivity index (χ1n) is 8.62. The van der Waals surface area contributed by atoms with Gasteiger partial charge in [-0.15, -0.1) is 0 Å². The molecule has 0 aliphatic carbocycles. The highest BCUT2D eigenvalue weighted by Gasteiger charge is 1.99. The molecule has 1 N–H and O–H groups in total. The fourth-order valence-corrected chi connectivity index (χ4v) is 1.89. The molecule has 0 aromatic rings. The number of hydrogen-bond acceptors (Lipinski definition) is 2. The van der Waals surface area contributed by atoms with E-state index in [4.69, 9.17) is 0 Å². The van der Waals surface area contributed by atoms with Gasteiger partial charge >= 0.3 is 0 Å². The standard InChI is InChI=1S/C21H32O2/c1-3-4-5-6-7-8-9-10-11-12-13-14-15-18-21(23)19-16-17-20(2)22/h4-5,7-8,10-11,13-15,18,21,23H,3,6,9,12,16-17,19H2,1-2H3/b5-4-,8-7-,11-10-,14-13-,18-15+/t21-/m1/s1. The number of hydrogen-bond donors (Lipinski definition) is 1. The molecule has 2 heteroatoms. The number of carbonyl (C=O) groups is 1. The zero-order valence-corrected chi connectivity index (χ0v) is 14.7. The lowest BCUT2D eigenvalue weighted by atomic mass is 10.1. The van der Waals surface area contributed by atoms with E-state index in [1.807, 2.05) is 12.2 Å². The number of aliphatic hydroxyl groups is 1. The summed E-state index contributed by atoms with van der Waals surface area (Å²) in [5, 5.41) is 9.68.